The minimum atomic E-state index is -0.138. The molecule has 1 aromatic carbocycles. The summed E-state index contributed by atoms with van der Waals surface area (Å²) in [5.74, 6) is 0.580. The molecular formula is C12H12N2O2S. The van der Waals surface area contributed by atoms with E-state index in [0.717, 1.165) is 11.3 Å². The predicted molar refractivity (Wildman–Crippen MR) is 69.5 cm³/mol. The van der Waals surface area contributed by atoms with Crippen molar-refractivity contribution in [3.8, 4) is 5.75 Å². The Bertz CT molecular complexity index is 511. The SMILES string of the molecule is COc1ccccc1/C=C1/NC(=S)N(C)C1=O. The van der Waals surface area contributed by atoms with Crippen molar-refractivity contribution in [3.63, 3.8) is 0 Å². The van der Waals surface area contributed by atoms with Crippen LogP contribution in [0.2, 0.25) is 0 Å². The third kappa shape index (κ3) is 2.14. The molecule has 0 atom stereocenters. The van der Waals surface area contributed by atoms with Crippen LogP contribution in [0.1, 0.15) is 5.56 Å². The van der Waals surface area contributed by atoms with Crippen LogP contribution in [-0.2, 0) is 4.79 Å². The smallest absolute Gasteiger partial charge is 0.276 e. The number of rotatable bonds is 2. The molecule has 0 radical (unpaired) electrons. The van der Waals surface area contributed by atoms with Crippen LogP contribution in [0.3, 0.4) is 0 Å². The van der Waals surface area contributed by atoms with Crippen molar-refractivity contribution in [2.75, 3.05) is 14.2 Å². The van der Waals surface area contributed by atoms with Gasteiger partial charge in [0.05, 0.1) is 7.11 Å². The molecule has 1 N–H and O–H groups in total. The van der Waals surface area contributed by atoms with Crippen LogP contribution in [0.5, 0.6) is 5.75 Å². The summed E-state index contributed by atoms with van der Waals surface area (Å²) in [6.45, 7) is 0. The molecule has 1 fully saturated rings. The summed E-state index contributed by atoms with van der Waals surface area (Å²) < 4.78 is 5.21. The second kappa shape index (κ2) is 4.55. The summed E-state index contributed by atoms with van der Waals surface area (Å²) in [7, 11) is 3.23. The molecular weight excluding hydrogens is 236 g/mol. The van der Waals surface area contributed by atoms with E-state index in [-0.39, 0.29) is 5.91 Å². The first-order valence-electron chi connectivity index (χ1n) is 5.07. The third-order valence-electron chi connectivity index (χ3n) is 2.52. The Balaban J connectivity index is 2.37. The van der Waals surface area contributed by atoms with E-state index in [0.29, 0.717) is 10.8 Å². The Hall–Kier alpha value is -1.88. The molecule has 0 aliphatic carbocycles. The quantitative estimate of drug-likeness (QED) is 0.634. The van der Waals surface area contributed by atoms with Crippen LogP contribution in [0.4, 0.5) is 0 Å². The zero-order chi connectivity index (χ0) is 12.4. The normalized spacial score (nSPS) is 17.5. The number of ether oxygens (including phenoxy) is 1. The Morgan fingerprint density at radius 2 is 2.12 bits per heavy atom. The van der Waals surface area contributed by atoms with Crippen LogP contribution in [-0.4, -0.2) is 30.1 Å². The van der Waals surface area contributed by atoms with Gasteiger partial charge < -0.3 is 10.1 Å². The van der Waals surface area contributed by atoms with E-state index in [4.69, 9.17) is 17.0 Å². The summed E-state index contributed by atoms with van der Waals surface area (Å²) >= 11 is 5.00. The van der Waals surface area contributed by atoms with Crippen LogP contribution in [0, 0.1) is 0 Å². The molecule has 1 saturated heterocycles. The summed E-state index contributed by atoms with van der Waals surface area (Å²) in [5.41, 5.74) is 1.30. The van der Waals surface area contributed by atoms with Gasteiger partial charge in [-0.2, -0.15) is 0 Å². The zero-order valence-corrected chi connectivity index (χ0v) is 10.4. The highest BCUT2D eigenvalue weighted by Gasteiger charge is 2.27. The molecule has 1 aliphatic rings. The first-order chi connectivity index (χ1) is 8.13. The van der Waals surface area contributed by atoms with Gasteiger partial charge in [0.25, 0.3) is 5.91 Å². The maximum absolute atomic E-state index is 11.8. The molecule has 2 rings (SSSR count). The number of likely N-dealkylation sites (N-methyl/N-ethyl adjacent to an activating group) is 1. The maximum Gasteiger partial charge on any atom is 0.276 e. The van der Waals surface area contributed by atoms with Crippen molar-refractivity contribution < 1.29 is 9.53 Å². The lowest BCUT2D eigenvalue weighted by atomic mass is 10.1. The lowest BCUT2D eigenvalue weighted by Crippen LogP contribution is -2.25. The van der Waals surface area contributed by atoms with E-state index in [9.17, 15) is 4.79 Å². The van der Waals surface area contributed by atoms with Gasteiger partial charge in [-0.05, 0) is 24.4 Å². The monoisotopic (exact) mass is 248 g/mol. The van der Waals surface area contributed by atoms with Gasteiger partial charge in [0, 0.05) is 12.6 Å². The highest BCUT2D eigenvalue weighted by molar-refractivity contribution is 7.80. The van der Waals surface area contributed by atoms with E-state index < -0.39 is 0 Å². The number of nitrogens with one attached hydrogen (secondary N) is 1. The summed E-state index contributed by atoms with van der Waals surface area (Å²) in [6.07, 6.45) is 1.73. The molecule has 0 spiro atoms. The number of methoxy groups -OCH3 is 1. The Morgan fingerprint density at radius 1 is 1.41 bits per heavy atom. The highest BCUT2D eigenvalue weighted by atomic mass is 32.1. The largest absolute Gasteiger partial charge is 0.496 e. The average Bonchev–Trinajstić information content (AvgIpc) is 2.58. The predicted octanol–water partition coefficient (Wildman–Crippen LogP) is 1.38. The van der Waals surface area contributed by atoms with Crippen LogP contribution < -0.4 is 10.1 Å². The first-order valence-corrected chi connectivity index (χ1v) is 5.48. The van der Waals surface area contributed by atoms with E-state index >= 15 is 0 Å². The van der Waals surface area contributed by atoms with Gasteiger partial charge in [0.2, 0.25) is 0 Å². The Labute approximate surface area is 105 Å². The van der Waals surface area contributed by atoms with Crippen molar-refractivity contribution in [2.45, 2.75) is 0 Å². The van der Waals surface area contributed by atoms with E-state index in [2.05, 4.69) is 5.32 Å². The second-order valence-corrected chi connectivity index (χ2v) is 3.98. The fraction of sp³-hybridized carbons (Fsp3) is 0.167. The number of amides is 1. The number of benzene rings is 1. The van der Waals surface area contributed by atoms with Crippen molar-refractivity contribution in [3.05, 3.63) is 35.5 Å². The summed E-state index contributed by atoms with van der Waals surface area (Å²) in [5, 5.41) is 3.28. The standard InChI is InChI=1S/C12H12N2O2S/c1-14-11(15)9(13-12(14)17)7-8-5-3-4-6-10(8)16-2/h3-7H,1-2H3,(H,13,17)/b9-7+. The Kier molecular flexibility index (Phi) is 3.10. The van der Waals surface area contributed by atoms with Crippen LogP contribution in [0.15, 0.2) is 30.0 Å². The number of carbonyl (C=O) groups is 1. The highest BCUT2D eigenvalue weighted by Crippen LogP contribution is 2.21. The van der Waals surface area contributed by atoms with Gasteiger partial charge in [-0.15, -0.1) is 0 Å². The number of hydrogen-bond acceptors (Lipinski definition) is 3. The molecule has 1 aliphatic heterocycles. The fourth-order valence-electron chi connectivity index (χ4n) is 1.56. The van der Waals surface area contributed by atoms with Crippen LogP contribution in [0.25, 0.3) is 6.08 Å². The van der Waals surface area contributed by atoms with Crippen molar-refractivity contribution in [1.29, 1.82) is 0 Å². The molecule has 0 unspecified atom stereocenters. The number of thiocarbonyl (C=S) groups is 1. The van der Waals surface area contributed by atoms with Gasteiger partial charge in [0.1, 0.15) is 11.4 Å². The molecule has 88 valence electrons. The molecule has 0 aromatic heterocycles. The number of para-hydroxylation sites is 1. The summed E-state index contributed by atoms with van der Waals surface area (Å²) in [6, 6.07) is 7.48. The maximum atomic E-state index is 11.8. The van der Waals surface area contributed by atoms with Gasteiger partial charge in [-0.25, -0.2) is 0 Å². The van der Waals surface area contributed by atoms with E-state index in [1.807, 2.05) is 24.3 Å². The average molecular weight is 248 g/mol. The molecule has 1 aromatic rings. The van der Waals surface area contributed by atoms with Gasteiger partial charge in [-0.1, -0.05) is 18.2 Å². The molecule has 0 saturated carbocycles. The molecule has 1 heterocycles. The lowest BCUT2D eigenvalue weighted by Gasteiger charge is -2.04. The van der Waals surface area contributed by atoms with E-state index in [1.165, 1.54) is 4.90 Å². The minimum Gasteiger partial charge on any atom is -0.496 e. The molecule has 4 nitrogen and oxygen atoms in total. The van der Waals surface area contributed by atoms with Gasteiger partial charge in [-0.3, -0.25) is 9.69 Å². The van der Waals surface area contributed by atoms with Crippen molar-refractivity contribution in [2.24, 2.45) is 0 Å². The van der Waals surface area contributed by atoms with Gasteiger partial charge >= 0.3 is 0 Å². The molecule has 1 amide bonds. The number of carbonyl (C=O) groups excluding carboxylic acids is 1. The minimum absolute atomic E-state index is 0.138. The first kappa shape index (κ1) is 11.6. The van der Waals surface area contributed by atoms with E-state index in [1.54, 1.807) is 20.2 Å². The topological polar surface area (TPSA) is 41.6 Å². The number of nitrogens with zero attached hydrogens (tertiary/aromatic N) is 1. The third-order valence-corrected chi connectivity index (χ3v) is 2.90. The molecule has 5 heteroatoms. The summed E-state index contributed by atoms with van der Waals surface area (Å²) in [4.78, 5) is 13.2. The number of hydrogen-bond donors (Lipinski definition) is 1. The van der Waals surface area contributed by atoms with Crippen LogP contribution >= 0.6 is 12.2 Å². The van der Waals surface area contributed by atoms with Crippen molar-refractivity contribution >= 4 is 29.3 Å². The van der Waals surface area contributed by atoms with Crippen molar-refractivity contribution in [1.82, 2.24) is 10.2 Å². The fourth-order valence-corrected chi connectivity index (χ4v) is 1.76. The van der Waals surface area contributed by atoms with Gasteiger partial charge in [0.15, 0.2) is 5.11 Å². The zero-order valence-electron chi connectivity index (χ0n) is 9.56. The second-order valence-electron chi connectivity index (χ2n) is 3.59. The Morgan fingerprint density at radius 3 is 2.71 bits per heavy atom. The lowest BCUT2D eigenvalue weighted by molar-refractivity contribution is -0.121. The molecule has 17 heavy (non-hydrogen) atoms. The molecule has 0 bridgehead atoms.